The van der Waals surface area contributed by atoms with E-state index in [9.17, 15) is 0 Å². The number of nitrogens with one attached hydrogen (secondary N) is 1. The first-order valence-electron chi connectivity index (χ1n) is 4.26. The van der Waals surface area contributed by atoms with Crippen molar-refractivity contribution in [1.29, 1.82) is 0 Å². The molecule has 0 aliphatic carbocycles. The molecule has 78 valence electrons. The first-order valence-corrected chi connectivity index (χ1v) is 4.64. The van der Waals surface area contributed by atoms with E-state index in [4.69, 9.17) is 17.3 Å². The van der Waals surface area contributed by atoms with Crippen molar-refractivity contribution in [3.05, 3.63) is 11.2 Å². The molecule has 1 heterocycles. The molecule has 0 spiro atoms. The molecule has 1 aromatic heterocycles. The van der Waals surface area contributed by atoms with Crippen LogP contribution < -0.4 is 11.1 Å². The molecule has 0 saturated heterocycles. The molecule has 0 bridgehead atoms. The van der Waals surface area contributed by atoms with Crippen LogP contribution in [-0.4, -0.2) is 42.1 Å². The van der Waals surface area contributed by atoms with Crippen molar-refractivity contribution >= 4 is 23.4 Å². The van der Waals surface area contributed by atoms with Gasteiger partial charge in [-0.1, -0.05) is 11.6 Å². The minimum absolute atomic E-state index is 0.185. The van der Waals surface area contributed by atoms with Crippen molar-refractivity contribution in [2.45, 2.75) is 0 Å². The summed E-state index contributed by atoms with van der Waals surface area (Å²) in [5.74, 6) is 0.842. The van der Waals surface area contributed by atoms with Crippen LogP contribution in [0.5, 0.6) is 0 Å². The first-order chi connectivity index (χ1) is 6.58. The van der Waals surface area contributed by atoms with Gasteiger partial charge in [-0.25, -0.2) is 4.98 Å². The fourth-order valence-corrected chi connectivity index (χ4v) is 1.12. The van der Waals surface area contributed by atoms with E-state index >= 15 is 0 Å². The number of nitrogens with two attached hydrogens (primary N) is 1. The van der Waals surface area contributed by atoms with Crippen LogP contribution in [0.3, 0.4) is 0 Å². The number of likely N-dealkylation sites (N-methyl/N-ethyl adjacent to an activating group) is 1. The van der Waals surface area contributed by atoms with Gasteiger partial charge in [-0.2, -0.15) is 4.98 Å². The van der Waals surface area contributed by atoms with Gasteiger partial charge in [-0.05, 0) is 14.1 Å². The zero-order valence-electron chi connectivity index (χ0n) is 8.29. The summed E-state index contributed by atoms with van der Waals surface area (Å²) in [7, 11) is 4.01. The number of halogens is 1. The lowest BCUT2D eigenvalue weighted by Gasteiger charge is -2.10. The van der Waals surface area contributed by atoms with E-state index in [1.165, 1.54) is 0 Å². The van der Waals surface area contributed by atoms with Gasteiger partial charge < -0.3 is 16.0 Å². The predicted octanol–water partition coefficient (Wildman–Crippen LogP) is 0.686. The average Bonchev–Trinajstić information content (AvgIpc) is 2.01. The van der Waals surface area contributed by atoms with E-state index in [2.05, 4.69) is 20.2 Å². The molecule has 0 aromatic carbocycles. The molecule has 0 radical (unpaired) electrons. The van der Waals surface area contributed by atoms with Crippen LogP contribution in [0.1, 0.15) is 0 Å². The van der Waals surface area contributed by atoms with Crippen LogP contribution in [0, 0.1) is 0 Å². The molecule has 0 atom stereocenters. The van der Waals surface area contributed by atoms with Crippen molar-refractivity contribution in [3.63, 3.8) is 0 Å². The highest BCUT2D eigenvalue weighted by Gasteiger charge is 1.99. The number of hydrogen-bond acceptors (Lipinski definition) is 5. The molecule has 0 saturated carbocycles. The summed E-state index contributed by atoms with van der Waals surface area (Å²) < 4.78 is 0. The maximum atomic E-state index is 5.71. The predicted molar refractivity (Wildman–Crippen MR) is 58.5 cm³/mol. The Labute approximate surface area is 88.3 Å². The highest BCUT2D eigenvalue weighted by atomic mass is 35.5. The molecule has 0 amide bonds. The van der Waals surface area contributed by atoms with Crippen LogP contribution in [0.15, 0.2) is 6.07 Å². The molecule has 14 heavy (non-hydrogen) atoms. The van der Waals surface area contributed by atoms with Crippen molar-refractivity contribution in [2.24, 2.45) is 0 Å². The number of aromatic nitrogens is 2. The van der Waals surface area contributed by atoms with Crippen LogP contribution in [0.25, 0.3) is 0 Å². The normalized spacial score (nSPS) is 10.6. The Hall–Kier alpha value is -1.07. The van der Waals surface area contributed by atoms with Gasteiger partial charge in [0.25, 0.3) is 0 Å². The summed E-state index contributed by atoms with van der Waals surface area (Å²) in [4.78, 5) is 9.81. The van der Waals surface area contributed by atoms with Gasteiger partial charge in [-0.3, -0.25) is 0 Å². The lowest BCUT2D eigenvalue weighted by Crippen LogP contribution is -2.21. The fraction of sp³-hybridized carbons (Fsp3) is 0.500. The Balaban J connectivity index is 2.50. The number of anilines is 2. The molecule has 5 nitrogen and oxygen atoms in total. The van der Waals surface area contributed by atoms with E-state index in [1.54, 1.807) is 6.07 Å². The van der Waals surface area contributed by atoms with Gasteiger partial charge in [0.05, 0.1) is 0 Å². The average molecular weight is 216 g/mol. The van der Waals surface area contributed by atoms with E-state index in [0.29, 0.717) is 11.0 Å². The second-order valence-electron chi connectivity index (χ2n) is 3.16. The Kier molecular flexibility index (Phi) is 3.91. The molecule has 0 fully saturated rings. The van der Waals surface area contributed by atoms with Gasteiger partial charge in [0, 0.05) is 19.2 Å². The standard InChI is InChI=1S/C8H14ClN5/c1-14(2)4-3-11-7-5-6(9)12-8(10)13-7/h5H,3-4H2,1-2H3,(H3,10,11,12,13). The summed E-state index contributed by atoms with van der Waals surface area (Å²) in [6.07, 6.45) is 0. The SMILES string of the molecule is CN(C)CCNc1cc(Cl)nc(N)n1. The number of rotatable bonds is 4. The highest BCUT2D eigenvalue weighted by molar-refractivity contribution is 6.29. The third-order valence-corrected chi connectivity index (χ3v) is 1.77. The van der Waals surface area contributed by atoms with Gasteiger partial charge in [0.2, 0.25) is 5.95 Å². The summed E-state index contributed by atoms with van der Waals surface area (Å²) in [5.41, 5.74) is 5.43. The van der Waals surface area contributed by atoms with Gasteiger partial charge in [0.15, 0.2) is 0 Å². The third-order valence-electron chi connectivity index (χ3n) is 1.58. The topological polar surface area (TPSA) is 67.1 Å². The second kappa shape index (κ2) is 4.97. The minimum Gasteiger partial charge on any atom is -0.369 e. The van der Waals surface area contributed by atoms with Crippen LogP contribution >= 0.6 is 11.6 Å². The Morgan fingerprint density at radius 2 is 2.21 bits per heavy atom. The molecular weight excluding hydrogens is 202 g/mol. The Morgan fingerprint density at radius 3 is 2.79 bits per heavy atom. The van der Waals surface area contributed by atoms with E-state index < -0.39 is 0 Å². The van der Waals surface area contributed by atoms with Crippen LogP contribution in [-0.2, 0) is 0 Å². The van der Waals surface area contributed by atoms with Crippen molar-refractivity contribution < 1.29 is 0 Å². The van der Waals surface area contributed by atoms with Gasteiger partial charge in [0.1, 0.15) is 11.0 Å². The lowest BCUT2D eigenvalue weighted by atomic mass is 10.5. The zero-order chi connectivity index (χ0) is 10.6. The smallest absolute Gasteiger partial charge is 0.223 e. The van der Waals surface area contributed by atoms with Crippen LogP contribution in [0.4, 0.5) is 11.8 Å². The largest absolute Gasteiger partial charge is 0.369 e. The van der Waals surface area contributed by atoms with Crippen molar-refractivity contribution in [1.82, 2.24) is 14.9 Å². The number of nitrogens with zero attached hydrogens (tertiary/aromatic N) is 3. The third kappa shape index (κ3) is 3.76. The molecule has 1 rings (SSSR count). The number of hydrogen-bond donors (Lipinski definition) is 2. The monoisotopic (exact) mass is 215 g/mol. The van der Waals surface area contributed by atoms with E-state index in [-0.39, 0.29) is 5.95 Å². The molecule has 1 aromatic rings. The quantitative estimate of drug-likeness (QED) is 0.724. The van der Waals surface area contributed by atoms with E-state index in [1.807, 2.05) is 14.1 Å². The summed E-state index contributed by atoms with van der Waals surface area (Å²) in [6.45, 7) is 1.71. The van der Waals surface area contributed by atoms with E-state index in [0.717, 1.165) is 13.1 Å². The number of nitrogen functional groups attached to an aromatic ring is 1. The van der Waals surface area contributed by atoms with Crippen molar-refractivity contribution in [2.75, 3.05) is 38.2 Å². The minimum atomic E-state index is 0.185. The highest BCUT2D eigenvalue weighted by Crippen LogP contribution is 2.11. The molecule has 0 aliphatic heterocycles. The zero-order valence-corrected chi connectivity index (χ0v) is 9.04. The maximum Gasteiger partial charge on any atom is 0.223 e. The molecule has 3 N–H and O–H groups in total. The first kappa shape index (κ1) is 11.0. The summed E-state index contributed by atoms with van der Waals surface area (Å²) in [5, 5.41) is 3.45. The molecule has 0 unspecified atom stereocenters. The van der Waals surface area contributed by atoms with Crippen LogP contribution in [0.2, 0.25) is 5.15 Å². The van der Waals surface area contributed by atoms with Gasteiger partial charge >= 0.3 is 0 Å². The Morgan fingerprint density at radius 1 is 1.50 bits per heavy atom. The molecular formula is C8H14ClN5. The lowest BCUT2D eigenvalue weighted by molar-refractivity contribution is 0.425. The molecule has 6 heteroatoms. The molecule has 0 aliphatic rings. The summed E-state index contributed by atoms with van der Waals surface area (Å²) >= 11 is 5.71. The Bertz CT molecular complexity index is 282. The van der Waals surface area contributed by atoms with Gasteiger partial charge in [-0.15, -0.1) is 0 Å². The van der Waals surface area contributed by atoms with Crippen molar-refractivity contribution in [3.8, 4) is 0 Å². The summed E-state index contributed by atoms with van der Waals surface area (Å²) in [6, 6.07) is 1.65. The fourth-order valence-electron chi connectivity index (χ4n) is 0.933. The maximum absolute atomic E-state index is 5.71. The second-order valence-corrected chi connectivity index (χ2v) is 3.55.